The molecule has 0 N–H and O–H groups in total. The van der Waals surface area contributed by atoms with Gasteiger partial charge in [0.2, 0.25) is 0 Å². The molecule has 29 heavy (non-hydrogen) atoms. The summed E-state index contributed by atoms with van der Waals surface area (Å²) in [5.74, 6) is 0. The van der Waals surface area contributed by atoms with E-state index in [-0.39, 0.29) is 51.0 Å². The summed E-state index contributed by atoms with van der Waals surface area (Å²) in [5.41, 5.74) is 5.61. The van der Waals surface area contributed by atoms with E-state index in [1.165, 1.54) is 38.1 Å². The first kappa shape index (κ1) is 26.5. The first-order valence-electron chi connectivity index (χ1n) is 8.99. The van der Waals surface area contributed by atoms with Crippen LogP contribution in [0.5, 0.6) is 0 Å². The maximum atomic E-state index is 3.87. The van der Waals surface area contributed by atoms with Gasteiger partial charge in [0.05, 0.1) is 0 Å². The number of hydrogen-bond donors (Lipinski definition) is 0. The molecule has 1 atom stereocenters. The van der Waals surface area contributed by atoms with Crippen molar-refractivity contribution < 1.29 is 51.0 Å². The molecule has 4 aromatic rings. The second-order valence-electron chi connectivity index (χ2n) is 6.84. The Balaban J connectivity index is 0.00000140. The van der Waals surface area contributed by atoms with Gasteiger partial charge in [0.1, 0.15) is 0 Å². The molecular formula is C24H23Cl2P2Zr. The molecule has 0 aliphatic rings. The van der Waals surface area contributed by atoms with Crippen LogP contribution in [0.4, 0.5) is 0 Å². The summed E-state index contributed by atoms with van der Waals surface area (Å²) < 4.78 is 0. The molecule has 0 saturated carbocycles. The van der Waals surface area contributed by atoms with E-state index in [4.69, 9.17) is 0 Å². The Kier molecular flexibility index (Phi) is 10.2. The molecule has 4 rings (SSSR count). The third-order valence-electron chi connectivity index (χ3n) is 5.40. The van der Waals surface area contributed by atoms with Crippen molar-refractivity contribution in [2.45, 2.75) is 27.7 Å². The van der Waals surface area contributed by atoms with E-state index in [1.807, 2.05) is 0 Å². The quantitative estimate of drug-likeness (QED) is 0.353. The minimum absolute atomic E-state index is 0. The van der Waals surface area contributed by atoms with Crippen LogP contribution in [-0.2, 0) is 26.2 Å². The molecule has 0 amide bonds. The average molecular weight is 536 g/mol. The summed E-state index contributed by atoms with van der Waals surface area (Å²) in [6.07, 6.45) is 0. The molecule has 0 nitrogen and oxygen atoms in total. The number of halogens is 2. The standard InChI is InChI=1S/C24H23P2.2ClH.Zr/c1-16-17(2)19(4)26(18(16)3)23-15-22(20-11-7-5-8-12-20)25-24(23)21-13-9-6-10-14-21;;;/h5-14,25H,1-4H3;2*1H;/q-1;;;+3/p-2. The summed E-state index contributed by atoms with van der Waals surface area (Å²) >= 11 is 0. The Hall–Kier alpha value is -0.537. The minimum Gasteiger partial charge on any atom is -1.00 e. The molecule has 0 aliphatic heterocycles. The molecule has 0 saturated heterocycles. The van der Waals surface area contributed by atoms with Crippen molar-refractivity contribution in [1.82, 2.24) is 0 Å². The molecule has 0 spiro atoms. The first-order valence-corrected chi connectivity index (χ1v) is 11.3. The predicted molar refractivity (Wildman–Crippen MR) is 119 cm³/mol. The van der Waals surface area contributed by atoms with E-state index in [0.29, 0.717) is 8.19 Å². The molecule has 2 heterocycles. The molecule has 147 valence electrons. The summed E-state index contributed by atoms with van der Waals surface area (Å²) in [4.78, 5) is 0. The Morgan fingerprint density at radius 1 is 0.690 bits per heavy atom. The van der Waals surface area contributed by atoms with Crippen molar-refractivity contribution in [2.75, 3.05) is 0 Å². The number of benzene rings is 2. The van der Waals surface area contributed by atoms with Gasteiger partial charge in [-0.05, 0) is 49.4 Å². The summed E-state index contributed by atoms with van der Waals surface area (Å²) in [6, 6.07) is 25.5. The van der Waals surface area contributed by atoms with E-state index in [2.05, 4.69) is 94.4 Å². The van der Waals surface area contributed by atoms with E-state index in [9.17, 15) is 0 Å². The van der Waals surface area contributed by atoms with Crippen molar-refractivity contribution in [3.63, 3.8) is 0 Å². The fourth-order valence-electron chi connectivity index (χ4n) is 3.59. The topological polar surface area (TPSA) is 0 Å². The van der Waals surface area contributed by atoms with Crippen LogP contribution < -0.4 is 24.8 Å². The normalized spacial score (nSPS) is 10.2. The van der Waals surface area contributed by atoms with Crippen molar-refractivity contribution in [1.29, 1.82) is 0 Å². The third kappa shape index (κ3) is 5.04. The van der Waals surface area contributed by atoms with E-state index in [1.54, 1.807) is 10.6 Å². The van der Waals surface area contributed by atoms with Gasteiger partial charge in [-0.2, -0.15) is 6.07 Å². The Labute approximate surface area is 208 Å². The Morgan fingerprint density at radius 3 is 1.62 bits per heavy atom. The summed E-state index contributed by atoms with van der Waals surface area (Å²) in [5, 5.41) is 7.37. The zero-order valence-electron chi connectivity index (χ0n) is 17.0. The van der Waals surface area contributed by atoms with E-state index in [0.717, 1.165) is 0 Å². The van der Waals surface area contributed by atoms with Crippen LogP contribution in [0, 0.1) is 33.8 Å². The first-order chi connectivity index (χ1) is 12.6. The van der Waals surface area contributed by atoms with Crippen molar-refractivity contribution in [2.24, 2.45) is 0 Å². The van der Waals surface area contributed by atoms with Crippen LogP contribution in [0.2, 0.25) is 0 Å². The number of hydrogen-bond acceptors (Lipinski definition) is 0. The maximum Gasteiger partial charge on any atom is 3.00 e. The van der Waals surface area contributed by atoms with Gasteiger partial charge >= 0.3 is 26.2 Å². The van der Waals surface area contributed by atoms with Gasteiger partial charge in [-0.25, -0.2) is 8.19 Å². The van der Waals surface area contributed by atoms with E-state index < -0.39 is 7.53 Å². The van der Waals surface area contributed by atoms with Crippen molar-refractivity contribution in [3.8, 4) is 27.0 Å². The third-order valence-corrected chi connectivity index (χ3v) is 9.86. The predicted octanol–water partition coefficient (Wildman–Crippen LogP) is 2.07. The van der Waals surface area contributed by atoms with Gasteiger partial charge in [-0.3, -0.25) is 0 Å². The molecule has 2 aromatic heterocycles. The molecule has 0 fully saturated rings. The molecule has 1 unspecified atom stereocenters. The monoisotopic (exact) mass is 533 g/mol. The van der Waals surface area contributed by atoms with Crippen LogP contribution in [0.25, 0.3) is 27.0 Å². The van der Waals surface area contributed by atoms with Crippen LogP contribution in [0.1, 0.15) is 21.7 Å². The van der Waals surface area contributed by atoms with Crippen LogP contribution in [0.15, 0.2) is 60.7 Å². The summed E-state index contributed by atoms with van der Waals surface area (Å²) in [7, 11) is 0.259. The van der Waals surface area contributed by atoms with Crippen molar-refractivity contribution in [3.05, 3.63) is 88.4 Å². The molecule has 0 bridgehead atoms. The van der Waals surface area contributed by atoms with Gasteiger partial charge in [0, 0.05) is 0 Å². The molecule has 2 aromatic carbocycles. The molecule has 5 heteroatoms. The second-order valence-corrected chi connectivity index (χ2v) is 10.5. The van der Waals surface area contributed by atoms with Gasteiger partial charge in [-0.1, -0.05) is 59.4 Å². The second kappa shape index (κ2) is 11.2. The summed E-state index contributed by atoms with van der Waals surface area (Å²) in [6.45, 7) is 9.19. The van der Waals surface area contributed by atoms with Crippen LogP contribution in [-0.4, -0.2) is 0 Å². The fourth-order valence-corrected chi connectivity index (χ4v) is 8.20. The SMILES string of the molecule is Cc1c(C)c(C)p(-c2[c-]c(-c3ccccc3)[pH]c2-c2ccccc2)c1C.[Cl-].[Cl-].[Zr+3]. The largest absolute Gasteiger partial charge is 3.00 e. The fraction of sp³-hybridized carbons (Fsp3) is 0.167. The maximum absolute atomic E-state index is 3.87. The Bertz CT molecular complexity index is 1040. The van der Waals surface area contributed by atoms with Crippen LogP contribution in [0.3, 0.4) is 0 Å². The van der Waals surface area contributed by atoms with Gasteiger partial charge < -0.3 is 24.8 Å². The average Bonchev–Trinajstić information content (AvgIpc) is 3.19. The molecular weight excluding hydrogens is 512 g/mol. The molecule has 0 aliphatic carbocycles. The number of rotatable bonds is 3. The smallest absolute Gasteiger partial charge is 1.00 e. The van der Waals surface area contributed by atoms with Crippen LogP contribution >= 0.6 is 15.7 Å². The zero-order chi connectivity index (χ0) is 18.3. The minimum atomic E-state index is -0.413. The van der Waals surface area contributed by atoms with E-state index >= 15 is 0 Å². The molecule has 1 radical (unpaired) electrons. The van der Waals surface area contributed by atoms with Crippen molar-refractivity contribution >= 4 is 15.7 Å². The van der Waals surface area contributed by atoms with Gasteiger partial charge in [0.25, 0.3) is 0 Å². The Morgan fingerprint density at radius 2 is 1.14 bits per heavy atom. The van der Waals surface area contributed by atoms with Gasteiger partial charge in [0.15, 0.2) is 0 Å². The van der Waals surface area contributed by atoms with Gasteiger partial charge in [-0.15, -0.1) is 35.8 Å². The zero-order valence-corrected chi connectivity index (χ0v) is 22.8.